The van der Waals surface area contributed by atoms with Crippen molar-refractivity contribution in [3.05, 3.63) is 23.8 Å². The first-order chi connectivity index (χ1) is 9.23. The second kappa shape index (κ2) is 6.44. The quantitative estimate of drug-likeness (QED) is 0.582. The van der Waals surface area contributed by atoms with Crippen LogP contribution in [0.1, 0.15) is 32.8 Å². The number of ether oxygens (including phenoxy) is 1. The number of methoxy groups -OCH3 is 1. The number of carbonyl (C=O) groups is 1. The summed E-state index contributed by atoms with van der Waals surface area (Å²) in [5, 5.41) is 0.136. The van der Waals surface area contributed by atoms with Crippen LogP contribution in [-0.2, 0) is 11.2 Å². The molecule has 1 aromatic rings. The van der Waals surface area contributed by atoms with Crippen molar-refractivity contribution in [1.82, 2.24) is 0 Å². The zero-order chi connectivity index (χ0) is 15.4. The summed E-state index contributed by atoms with van der Waals surface area (Å²) in [5.41, 5.74) is 1.02. The summed E-state index contributed by atoms with van der Waals surface area (Å²) in [6, 6.07) is 5.90. The molecule has 0 radical (unpaired) electrons. The minimum Gasteiger partial charge on any atom is -0.541 e. The number of para-hydroxylation sites is 1. The van der Waals surface area contributed by atoms with Gasteiger partial charge in [0.15, 0.2) is 5.75 Å². The van der Waals surface area contributed by atoms with Crippen molar-refractivity contribution in [2.45, 2.75) is 51.7 Å². The molecule has 0 aliphatic rings. The lowest BCUT2D eigenvalue weighted by Crippen LogP contribution is -2.43. The van der Waals surface area contributed by atoms with E-state index in [-0.39, 0.29) is 5.04 Å². The van der Waals surface area contributed by atoms with Gasteiger partial charge in [0.25, 0.3) is 8.32 Å². The minimum atomic E-state index is -1.90. The number of aldehydes is 1. The van der Waals surface area contributed by atoms with E-state index in [1.165, 1.54) is 0 Å². The SMILES string of the molecule is COc1c(CCC=O)cccc1O[Si](C)(C)C(C)(C)C. The summed E-state index contributed by atoms with van der Waals surface area (Å²) in [6.45, 7) is 11.1. The van der Waals surface area contributed by atoms with Crippen LogP contribution in [0.3, 0.4) is 0 Å². The molecule has 0 saturated carbocycles. The maximum absolute atomic E-state index is 10.6. The number of aryl methyl sites for hydroxylation is 1. The molecule has 0 heterocycles. The van der Waals surface area contributed by atoms with E-state index in [1.807, 2.05) is 18.2 Å². The Kier molecular flexibility index (Phi) is 5.40. The molecule has 112 valence electrons. The van der Waals surface area contributed by atoms with Crippen LogP contribution in [0.5, 0.6) is 11.5 Å². The molecule has 0 spiro atoms. The van der Waals surface area contributed by atoms with Crippen molar-refractivity contribution < 1.29 is 14.0 Å². The molecule has 0 aliphatic carbocycles. The maximum Gasteiger partial charge on any atom is 0.250 e. The van der Waals surface area contributed by atoms with Crippen LogP contribution in [0.2, 0.25) is 18.1 Å². The lowest BCUT2D eigenvalue weighted by atomic mass is 10.1. The van der Waals surface area contributed by atoms with Crippen molar-refractivity contribution in [2.24, 2.45) is 0 Å². The average Bonchev–Trinajstić information content (AvgIpc) is 2.34. The first-order valence-electron chi connectivity index (χ1n) is 7.01. The van der Waals surface area contributed by atoms with Crippen LogP contribution in [0.4, 0.5) is 0 Å². The molecule has 4 heteroatoms. The zero-order valence-electron chi connectivity index (χ0n) is 13.4. The standard InChI is InChI=1S/C16H26O3Si/c1-16(2,3)20(5,6)19-14-11-7-9-13(10-8-12-17)15(14)18-4/h7,9,11-12H,8,10H2,1-6H3. The van der Waals surface area contributed by atoms with Gasteiger partial charge in [-0.2, -0.15) is 0 Å². The highest BCUT2D eigenvalue weighted by molar-refractivity contribution is 6.74. The summed E-state index contributed by atoms with van der Waals surface area (Å²) >= 11 is 0. The molecule has 0 atom stereocenters. The van der Waals surface area contributed by atoms with Gasteiger partial charge >= 0.3 is 0 Å². The van der Waals surface area contributed by atoms with Gasteiger partial charge < -0.3 is 14.0 Å². The van der Waals surface area contributed by atoms with Gasteiger partial charge in [-0.3, -0.25) is 0 Å². The van der Waals surface area contributed by atoms with Gasteiger partial charge in [-0.1, -0.05) is 32.9 Å². The van der Waals surface area contributed by atoms with Crippen molar-refractivity contribution >= 4 is 14.6 Å². The highest BCUT2D eigenvalue weighted by atomic mass is 28.4. The second-order valence-electron chi connectivity index (χ2n) is 6.52. The Labute approximate surface area is 123 Å². The first kappa shape index (κ1) is 16.8. The summed E-state index contributed by atoms with van der Waals surface area (Å²) in [6.07, 6.45) is 2.11. The third kappa shape index (κ3) is 3.85. The van der Waals surface area contributed by atoms with E-state index in [4.69, 9.17) is 9.16 Å². The molecule has 0 saturated heterocycles. The van der Waals surface area contributed by atoms with E-state index in [0.29, 0.717) is 12.8 Å². The summed E-state index contributed by atoms with van der Waals surface area (Å²) in [7, 11) is -0.246. The lowest BCUT2D eigenvalue weighted by molar-refractivity contribution is -0.107. The fraction of sp³-hybridized carbons (Fsp3) is 0.562. The van der Waals surface area contributed by atoms with Crippen LogP contribution in [0, 0.1) is 0 Å². The number of hydrogen-bond acceptors (Lipinski definition) is 3. The van der Waals surface area contributed by atoms with E-state index < -0.39 is 8.32 Å². The second-order valence-corrected chi connectivity index (χ2v) is 11.2. The van der Waals surface area contributed by atoms with Gasteiger partial charge in [-0.05, 0) is 36.2 Å². The Hall–Kier alpha value is -1.29. The number of hydrogen-bond donors (Lipinski definition) is 0. The highest BCUT2D eigenvalue weighted by Gasteiger charge is 2.39. The number of benzene rings is 1. The van der Waals surface area contributed by atoms with Crippen LogP contribution >= 0.6 is 0 Å². The van der Waals surface area contributed by atoms with E-state index in [0.717, 1.165) is 23.3 Å². The van der Waals surface area contributed by atoms with Crippen molar-refractivity contribution in [3.63, 3.8) is 0 Å². The predicted molar refractivity (Wildman–Crippen MR) is 85.2 cm³/mol. The lowest BCUT2D eigenvalue weighted by Gasteiger charge is -2.37. The van der Waals surface area contributed by atoms with Gasteiger partial charge in [0.1, 0.15) is 12.0 Å². The fourth-order valence-electron chi connectivity index (χ4n) is 1.71. The zero-order valence-corrected chi connectivity index (χ0v) is 14.4. The average molecular weight is 294 g/mol. The Morgan fingerprint density at radius 3 is 2.40 bits per heavy atom. The molecule has 0 N–H and O–H groups in total. The molecule has 0 aromatic heterocycles. The molecule has 0 bridgehead atoms. The van der Waals surface area contributed by atoms with Gasteiger partial charge in [0, 0.05) is 6.42 Å². The molecular formula is C16H26O3Si. The van der Waals surface area contributed by atoms with Crippen LogP contribution in [-0.4, -0.2) is 21.7 Å². The Bertz CT molecular complexity index is 461. The van der Waals surface area contributed by atoms with Crippen molar-refractivity contribution in [2.75, 3.05) is 7.11 Å². The van der Waals surface area contributed by atoms with E-state index in [1.54, 1.807) is 7.11 Å². The minimum absolute atomic E-state index is 0.136. The van der Waals surface area contributed by atoms with Gasteiger partial charge in [0.05, 0.1) is 7.11 Å². The Morgan fingerprint density at radius 1 is 1.25 bits per heavy atom. The summed E-state index contributed by atoms with van der Waals surface area (Å²) in [5.74, 6) is 1.56. The number of rotatable bonds is 6. The molecule has 0 fully saturated rings. The highest BCUT2D eigenvalue weighted by Crippen LogP contribution is 2.41. The van der Waals surface area contributed by atoms with Crippen LogP contribution < -0.4 is 9.16 Å². The molecular weight excluding hydrogens is 268 g/mol. The van der Waals surface area contributed by atoms with Crippen LogP contribution in [0.15, 0.2) is 18.2 Å². The topological polar surface area (TPSA) is 35.5 Å². The molecule has 1 aromatic carbocycles. The summed E-state index contributed by atoms with van der Waals surface area (Å²) < 4.78 is 11.8. The van der Waals surface area contributed by atoms with E-state index >= 15 is 0 Å². The van der Waals surface area contributed by atoms with Gasteiger partial charge in [-0.25, -0.2) is 0 Å². The Balaban J connectivity index is 3.09. The van der Waals surface area contributed by atoms with E-state index in [9.17, 15) is 4.79 Å². The molecule has 0 aliphatic heterocycles. The Morgan fingerprint density at radius 2 is 1.90 bits per heavy atom. The normalized spacial score (nSPS) is 12.1. The summed E-state index contributed by atoms with van der Waals surface area (Å²) in [4.78, 5) is 10.6. The van der Waals surface area contributed by atoms with Crippen LogP contribution in [0.25, 0.3) is 0 Å². The van der Waals surface area contributed by atoms with Gasteiger partial charge in [-0.15, -0.1) is 0 Å². The largest absolute Gasteiger partial charge is 0.541 e. The smallest absolute Gasteiger partial charge is 0.250 e. The van der Waals surface area contributed by atoms with Crippen molar-refractivity contribution in [1.29, 1.82) is 0 Å². The maximum atomic E-state index is 10.6. The fourth-order valence-corrected chi connectivity index (χ4v) is 2.73. The van der Waals surface area contributed by atoms with E-state index in [2.05, 4.69) is 33.9 Å². The molecule has 20 heavy (non-hydrogen) atoms. The van der Waals surface area contributed by atoms with Crippen molar-refractivity contribution in [3.8, 4) is 11.5 Å². The van der Waals surface area contributed by atoms with Gasteiger partial charge in [0.2, 0.25) is 0 Å². The third-order valence-electron chi connectivity index (χ3n) is 3.97. The molecule has 3 nitrogen and oxygen atoms in total. The molecule has 0 unspecified atom stereocenters. The first-order valence-corrected chi connectivity index (χ1v) is 9.92. The molecule has 1 rings (SSSR count). The molecule has 0 amide bonds. The predicted octanol–water partition coefficient (Wildman–Crippen LogP) is 4.21. The third-order valence-corrected chi connectivity index (χ3v) is 8.31. The monoisotopic (exact) mass is 294 g/mol. The number of carbonyl (C=O) groups excluding carboxylic acids is 1.